The molecule has 0 saturated heterocycles. The van der Waals surface area contributed by atoms with Crippen molar-refractivity contribution in [2.45, 2.75) is 25.3 Å². The van der Waals surface area contributed by atoms with Gasteiger partial charge in [0.2, 0.25) is 5.91 Å². The minimum absolute atomic E-state index is 0.0161. The fourth-order valence-corrected chi connectivity index (χ4v) is 4.06. The highest BCUT2D eigenvalue weighted by molar-refractivity contribution is 7.13. The number of hydrogen-bond donors (Lipinski definition) is 1. The average Bonchev–Trinajstić information content (AvgIpc) is 3.23. The van der Waals surface area contributed by atoms with Crippen LogP contribution >= 0.6 is 11.3 Å². The van der Waals surface area contributed by atoms with Gasteiger partial charge in [0.25, 0.3) is 0 Å². The lowest BCUT2D eigenvalue weighted by Gasteiger charge is -2.13. The lowest BCUT2D eigenvalue weighted by atomic mass is 10.1. The van der Waals surface area contributed by atoms with Crippen LogP contribution in [-0.2, 0) is 17.6 Å². The maximum absolute atomic E-state index is 13.0. The lowest BCUT2D eigenvalue weighted by molar-refractivity contribution is -0.121. The van der Waals surface area contributed by atoms with Gasteiger partial charge in [0.15, 0.2) is 0 Å². The number of nitrogens with zero attached hydrogens (tertiary/aromatic N) is 1. The van der Waals surface area contributed by atoms with Gasteiger partial charge in [-0.25, -0.2) is 9.37 Å². The largest absolute Gasteiger partial charge is 0.349 e. The predicted molar refractivity (Wildman–Crippen MR) is 96.9 cm³/mol. The Labute approximate surface area is 149 Å². The summed E-state index contributed by atoms with van der Waals surface area (Å²) in [6.07, 6.45) is 2.21. The molecule has 0 aliphatic heterocycles. The van der Waals surface area contributed by atoms with Crippen LogP contribution in [-0.4, -0.2) is 10.9 Å². The van der Waals surface area contributed by atoms with Gasteiger partial charge in [-0.05, 0) is 48.2 Å². The zero-order chi connectivity index (χ0) is 17.2. The molecular formula is C20H17FN2OS. The molecule has 126 valence electrons. The fourth-order valence-electron chi connectivity index (χ4n) is 3.23. The van der Waals surface area contributed by atoms with Crippen molar-refractivity contribution in [3.05, 3.63) is 76.5 Å². The first kappa shape index (κ1) is 16.0. The highest BCUT2D eigenvalue weighted by Gasteiger charge is 2.23. The number of aromatic nitrogens is 1. The van der Waals surface area contributed by atoms with Crippen LogP contribution in [0.3, 0.4) is 0 Å². The number of benzene rings is 2. The summed E-state index contributed by atoms with van der Waals surface area (Å²) in [6, 6.07) is 14.6. The van der Waals surface area contributed by atoms with Gasteiger partial charge in [0, 0.05) is 10.9 Å². The molecule has 3 nitrogen and oxygen atoms in total. The highest BCUT2D eigenvalue weighted by Crippen LogP contribution is 2.31. The molecule has 2 aromatic carbocycles. The number of thiazole rings is 1. The summed E-state index contributed by atoms with van der Waals surface area (Å²) in [5.74, 6) is -0.283. The Bertz CT molecular complexity index is 904. The van der Waals surface area contributed by atoms with E-state index in [9.17, 15) is 9.18 Å². The molecule has 1 aromatic heterocycles. The summed E-state index contributed by atoms with van der Waals surface area (Å²) < 4.78 is 13.0. The summed E-state index contributed by atoms with van der Waals surface area (Å²) in [5.41, 5.74) is 4.15. The Morgan fingerprint density at radius 2 is 2.00 bits per heavy atom. The third-order valence-corrected chi connectivity index (χ3v) is 5.39. The third-order valence-electron chi connectivity index (χ3n) is 4.45. The van der Waals surface area contributed by atoms with Gasteiger partial charge in [0.05, 0.1) is 18.2 Å². The first-order valence-corrected chi connectivity index (χ1v) is 9.14. The summed E-state index contributed by atoms with van der Waals surface area (Å²) >= 11 is 1.47. The first-order valence-electron chi connectivity index (χ1n) is 8.26. The van der Waals surface area contributed by atoms with E-state index < -0.39 is 0 Å². The van der Waals surface area contributed by atoms with Crippen LogP contribution in [0.5, 0.6) is 0 Å². The molecule has 1 aliphatic rings. The Morgan fingerprint density at radius 1 is 1.20 bits per heavy atom. The van der Waals surface area contributed by atoms with Gasteiger partial charge in [-0.1, -0.05) is 24.3 Å². The van der Waals surface area contributed by atoms with Gasteiger partial charge >= 0.3 is 0 Å². The van der Waals surface area contributed by atoms with Crippen LogP contribution in [0.1, 0.15) is 29.3 Å². The second-order valence-electron chi connectivity index (χ2n) is 6.19. The summed E-state index contributed by atoms with van der Waals surface area (Å²) in [6.45, 7) is 0. The molecule has 1 aliphatic carbocycles. The van der Waals surface area contributed by atoms with E-state index in [1.807, 2.05) is 17.5 Å². The molecule has 3 aromatic rings. The predicted octanol–water partition coefficient (Wildman–Crippen LogP) is 4.30. The Kier molecular flexibility index (Phi) is 4.32. The number of aryl methyl sites for hydroxylation is 1. The maximum atomic E-state index is 13.0. The molecule has 1 heterocycles. The topological polar surface area (TPSA) is 42.0 Å². The molecular weight excluding hydrogens is 335 g/mol. The minimum Gasteiger partial charge on any atom is -0.349 e. The van der Waals surface area contributed by atoms with Crippen molar-refractivity contribution in [3.8, 4) is 10.6 Å². The van der Waals surface area contributed by atoms with Crippen molar-refractivity contribution >= 4 is 17.2 Å². The Balaban J connectivity index is 1.41. The quantitative estimate of drug-likeness (QED) is 0.761. The summed E-state index contributed by atoms with van der Waals surface area (Å²) in [7, 11) is 0. The van der Waals surface area contributed by atoms with E-state index in [-0.39, 0.29) is 24.2 Å². The van der Waals surface area contributed by atoms with Crippen molar-refractivity contribution in [2.24, 2.45) is 0 Å². The van der Waals surface area contributed by atoms with Crippen molar-refractivity contribution in [1.29, 1.82) is 0 Å². The number of carbonyl (C=O) groups is 1. The van der Waals surface area contributed by atoms with Crippen molar-refractivity contribution in [2.75, 3.05) is 0 Å². The summed E-state index contributed by atoms with van der Waals surface area (Å²) in [4.78, 5) is 16.9. The molecule has 5 heteroatoms. The van der Waals surface area contributed by atoms with E-state index in [2.05, 4.69) is 22.4 Å². The van der Waals surface area contributed by atoms with Crippen molar-refractivity contribution in [3.63, 3.8) is 0 Å². The van der Waals surface area contributed by atoms with E-state index in [1.165, 1.54) is 34.6 Å². The molecule has 1 N–H and O–H groups in total. The number of amides is 1. The molecule has 0 unspecified atom stereocenters. The van der Waals surface area contributed by atoms with Crippen LogP contribution in [0.2, 0.25) is 0 Å². The van der Waals surface area contributed by atoms with Crippen LogP contribution in [0, 0.1) is 5.82 Å². The van der Waals surface area contributed by atoms with E-state index in [1.54, 1.807) is 12.1 Å². The van der Waals surface area contributed by atoms with Crippen molar-refractivity contribution in [1.82, 2.24) is 10.3 Å². The smallest absolute Gasteiger partial charge is 0.226 e. The van der Waals surface area contributed by atoms with Crippen LogP contribution in [0.25, 0.3) is 10.6 Å². The molecule has 0 fully saturated rings. The molecule has 4 rings (SSSR count). The first-order chi connectivity index (χ1) is 12.2. The Morgan fingerprint density at radius 3 is 2.84 bits per heavy atom. The average molecular weight is 352 g/mol. The minimum atomic E-state index is -0.267. The van der Waals surface area contributed by atoms with Gasteiger partial charge in [0.1, 0.15) is 10.8 Å². The number of nitrogens with one attached hydrogen (secondary N) is 1. The van der Waals surface area contributed by atoms with Gasteiger partial charge in [-0.15, -0.1) is 11.3 Å². The number of hydrogen-bond acceptors (Lipinski definition) is 3. The lowest BCUT2D eigenvalue weighted by Crippen LogP contribution is -2.28. The molecule has 0 bridgehead atoms. The third kappa shape index (κ3) is 3.46. The van der Waals surface area contributed by atoms with E-state index in [0.717, 1.165) is 29.1 Å². The van der Waals surface area contributed by atoms with Gasteiger partial charge in [-0.3, -0.25) is 4.79 Å². The van der Waals surface area contributed by atoms with Crippen LogP contribution < -0.4 is 5.32 Å². The maximum Gasteiger partial charge on any atom is 0.226 e. The SMILES string of the molecule is O=C(Cc1csc(-c2ccc(F)cc2)n1)N[C@@H]1CCc2ccccc21. The van der Waals surface area contributed by atoms with E-state index in [0.29, 0.717) is 0 Å². The Hall–Kier alpha value is -2.53. The summed E-state index contributed by atoms with van der Waals surface area (Å²) in [5, 5.41) is 5.81. The van der Waals surface area contributed by atoms with Crippen LogP contribution in [0.15, 0.2) is 53.9 Å². The fraction of sp³-hybridized carbons (Fsp3) is 0.200. The van der Waals surface area contributed by atoms with E-state index >= 15 is 0 Å². The van der Waals surface area contributed by atoms with Gasteiger partial charge < -0.3 is 5.32 Å². The van der Waals surface area contributed by atoms with E-state index in [4.69, 9.17) is 0 Å². The molecule has 25 heavy (non-hydrogen) atoms. The molecule has 1 amide bonds. The second kappa shape index (κ2) is 6.76. The number of fused-ring (bicyclic) bond motifs is 1. The molecule has 0 radical (unpaired) electrons. The molecule has 0 saturated carbocycles. The second-order valence-corrected chi connectivity index (χ2v) is 7.04. The zero-order valence-corrected chi connectivity index (χ0v) is 14.4. The standard InChI is InChI=1S/C20H17FN2OS/c21-15-8-5-14(6-9-15)20-22-16(12-25-20)11-19(24)23-18-10-7-13-3-1-2-4-17(13)18/h1-6,8-9,12,18H,7,10-11H2,(H,23,24)/t18-/m1/s1. The van der Waals surface area contributed by atoms with Crippen molar-refractivity contribution < 1.29 is 9.18 Å². The monoisotopic (exact) mass is 352 g/mol. The van der Waals surface area contributed by atoms with Gasteiger partial charge in [-0.2, -0.15) is 0 Å². The number of rotatable bonds is 4. The zero-order valence-electron chi connectivity index (χ0n) is 13.5. The normalized spacial score (nSPS) is 15.8. The molecule has 1 atom stereocenters. The highest BCUT2D eigenvalue weighted by atomic mass is 32.1. The number of halogens is 1. The molecule has 0 spiro atoms. The van der Waals surface area contributed by atoms with Crippen LogP contribution in [0.4, 0.5) is 4.39 Å². The number of carbonyl (C=O) groups excluding carboxylic acids is 1.